The summed E-state index contributed by atoms with van der Waals surface area (Å²) in [5, 5.41) is 8.77. The molecule has 0 spiro atoms. The van der Waals surface area contributed by atoms with E-state index in [0.29, 0.717) is 5.75 Å². The number of aliphatic carboxylic acids is 1. The molecule has 4 nitrogen and oxygen atoms in total. The second-order valence-corrected chi connectivity index (χ2v) is 11.9. The summed E-state index contributed by atoms with van der Waals surface area (Å²) < 4.78 is 11.4. The molecule has 128 valence electrons. The van der Waals surface area contributed by atoms with Gasteiger partial charge in [0.15, 0.2) is 8.32 Å². The molecule has 0 fully saturated rings. The van der Waals surface area contributed by atoms with E-state index >= 15 is 0 Å². The predicted octanol–water partition coefficient (Wildman–Crippen LogP) is 4.62. The van der Waals surface area contributed by atoms with Crippen LogP contribution in [0.5, 0.6) is 5.75 Å². The van der Waals surface area contributed by atoms with Crippen molar-refractivity contribution in [3.63, 3.8) is 0 Å². The minimum absolute atomic E-state index is 0.233. The van der Waals surface area contributed by atoms with Gasteiger partial charge in [-0.15, -0.1) is 0 Å². The molecule has 0 atom stereocenters. The molecule has 1 rings (SSSR count). The molecular weight excluding hydrogens is 308 g/mol. The average molecular weight is 337 g/mol. The third-order valence-corrected chi connectivity index (χ3v) is 8.73. The molecule has 0 aliphatic heterocycles. The van der Waals surface area contributed by atoms with Gasteiger partial charge in [0.25, 0.3) is 0 Å². The summed E-state index contributed by atoms with van der Waals surface area (Å²) in [6.45, 7) is 12.0. The number of carbonyl (C=O) groups is 1. The van der Waals surface area contributed by atoms with Crippen LogP contribution in [-0.2, 0) is 15.6 Å². The van der Waals surface area contributed by atoms with Gasteiger partial charge in [-0.2, -0.15) is 0 Å². The fourth-order valence-electron chi connectivity index (χ4n) is 1.77. The Morgan fingerprint density at radius 3 is 2.61 bits per heavy atom. The van der Waals surface area contributed by atoms with Crippen molar-refractivity contribution in [2.75, 3.05) is 6.61 Å². The average Bonchev–Trinajstić information content (AvgIpc) is 2.42. The van der Waals surface area contributed by atoms with Crippen molar-refractivity contribution < 1.29 is 19.1 Å². The molecule has 1 aromatic rings. The standard InChI is InChI=1S/C18H28O4Si/c1-18(2,3)23(4,5)22-12-7-9-15-8-6-10-16(14-15)21-13-11-17(19)20/h6,8,10-11,13-14H,7,9,12H2,1-5H3,(H,19,20). The maximum atomic E-state index is 10.4. The molecule has 0 unspecified atom stereocenters. The predicted molar refractivity (Wildman–Crippen MR) is 95.3 cm³/mol. The molecule has 0 radical (unpaired) electrons. The summed E-state index contributed by atoms with van der Waals surface area (Å²) in [6, 6.07) is 7.69. The lowest BCUT2D eigenvalue weighted by molar-refractivity contribution is -0.131. The molecular formula is C18H28O4Si. The minimum Gasteiger partial charge on any atom is -0.478 e. The van der Waals surface area contributed by atoms with Gasteiger partial charge in [-0.05, 0) is 48.7 Å². The fraction of sp³-hybridized carbons (Fsp3) is 0.500. The first kappa shape index (κ1) is 19.5. The lowest BCUT2D eigenvalue weighted by Gasteiger charge is -2.36. The molecule has 5 heteroatoms. The van der Waals surface area contributed by atoms with E-state index in [4.69, 9.17) is 14.3 Å². The highest BCUT2D eigenvalue weighted by atomic mass is 28.4. The summed E-state index contributed by atoms with van der Waals surface area (Å²) >= 11 is 0. The monoisotopic (exact) mass is 336 g/mol. The zero-order chi connectivity index (χ0) is 17.5. The Morgan fingerprint density at radius 1 is 1.30 bits per heavy atom. The van der Waals surface area contributed by atoms with E-state index < -0.39 is 14.3 Å². The molecule has 1 aromatic carbocycles. The molecule has 0 amide bonds. The molecule has 0 heterocycles. The summed E-state index contributed by atoms with van der Waals surface area (Å²) in [4.78, 5) is 10.4. The van der Waals surface area contributed by atoms with Crippen LogP contribution in [0.25, 0.3) is 0 Å². The fourth-order valence-corrected chi connectivity index (χ4v) is 2.85. The Morgan fingerprint density at radius 2 is 2.00 bits per heavy atom. The minimum atomic E-state index is -1.67. The van der Waals surface area contributed by atoms with Gasteiger partial charge < -0.3 is 14.3 Å². The van der Waals surface area contributed by atoms with Crippen LogP contribution in [0, 0.1) is 0 Å². The molecule has 0 bridgehead atoms. The van der Waals surface area contributed by atoms with Crippen LogP contribution in [0.1, 0.15) is 32.8 Å². The summed E-state index contributed by atoms with van der Waals surface area (Å²) in [6.07, 6.45) is 4.02. The Hall–Kier alpha value is -1.59. The Labute approximate surface area is 140 Å². The van der Waals surface area contributed by atoms with E-state index in [-0.39, 0.29) is 5.04 Å². The highest BCUT2D eigenvalue weighted by Gasteiger charge is 2.36. The van der Waals surface area contributed by atoms with Crippen LogP contribution in [0.3, 0.4) is 0 Å². The molecule has 0 aliphatic carbocycles. The SMILES string of the molecule is CC(C)(C)[Si](C)(C)OCCCc1cccc(OC=CC(=O)O)c1. The van der Waals surface area contributed by atoms with Crippen molar-refractivity contribution >= 4 is 14.3 Å². The van der Waals surface area contributed by atoms with Gasteiger partial charge in [0.2, 0.25) is 0 Å². The summed E-state index contributed by atoms with van der Waals surface area (Å²) in [5.41, 5.74) is 1.16. The maximum absolute atomic E-state index is 10.4. The van der Waals surface area contributed by atoms with Crippen molar-refractivity contribution in [1.82, 2.24) is 0 Å². The van der Waals surface area contributed by atoms with Crippen molar-refractivity contribution in [3.8, 4) is 5.75 Å². The third kappa shape index (κ3) is 7.01. The van der Waals surface area contributed by atoms with Gasteiger partial charge in [-0.25, -0.2) is 4.79 Å². The van der Waals surface area contributed by atoms with Crippen LogP contribution < -0.4 is 4.74 Å². The number of aryl methyl sites for hydroxylation is 1. The quantitative estimate of drug-likeness (QED) is 0.326. The van der Waals surface area contributed by atoms with E-state index in [1.807, 2.05) is 24.3 Å². The zero-order valence-electron chi connectivity index (χ0n) is 14.8. The van der Waals surface area contributed by atoms with Crippen LogP contribution in [-0.4, -0.2) is 26.0 Å². The van der Waals surface area contributed by atoms with Gasteiger partial charge in [-0.1, -0.05) is 32.9 Å². The van der Waals surface area contributed by atoms with Crippen LogP contribution >= 0.6 is 0 Å². The van der Waals surface area contributed by atoms with E-state index in [1.54, 1.807) is 0 Å². The lowest BCUT2D eigenvalue weighted by atomic mass is 10.1. The topological polar surface area (TPSA) is 55.8 Å². The number of carboxylic acids is 1. The van der Waals surface area contributed by atoms with Gasteiger partial charge in [0.1, 0.15) is 5.75 Å². The molecule has 0 aliphatic rings. The molecule has 0 saturated heterocycles. The van der Waals surface area contributed by atoms with Gasteiger partial charge in [-0.3, -0.25) is 0 Å². The van der Waals surface area contributed by atoms with E-state index in [0.717, 1.165) is 31.1 Å². The van der Waals surface area contributed by atoms with Crippen molar-refractivity contribution in [3.05, 3.63) is 42.2 Å². The zero-order valence-corrected chi connectivity index (χ0v) is 15.8. The number of ether oxygens (including phenoxy) is 1. The largest absolute Gasteiger partial charge is 0.478 e. The summed E-state index contributed by atoms with van der Waals surface area (Å²) in [7, 11) is -1.67. The van der Waals surface area contributed by atoms with Crippen molar-refractivity contribution in [1.29, 1.82) is 0 Å². The molecule has 1 N–H and O–H groups in total. The van der Waals surface area contributed by atoms with E-state index in [1.165, 1.54) is 6.26 Å². The second-order valence-electron chi connectivity index (χ2n) is 7.12. The number of carboxylic acid groups (broad SMARTS) is 1. The van der Waals surface area contributed by atoms with Crippen LogP contribution in [0.4, 0.5) is 0 Å². The second kappa shape index (κ2) is 8.31. The molecule has 0 aromatic heterocycles. The number of rotatable bonds is 8. The molecule has 0 saturated carbocycles. The Balaban J connectivity index is 2.45. The Kier molecular flexibility index (Phi) is 7.03. The maximum Gasteiger partial charge on any atom is 0.331 e. The van der Waals surface area contributed by atoms with E-state index in [2.05, 4.69) is 33.9 Å². The summed E-state index contributed by atoms with van der Waals surface area (Å²) in [5.74, 6) is -0.380. The molecule has 23 heavy (non-hydrogen) atoms. The van der Waals surface area contributed by atoms with Crippen LogP contribution in [0.2, 0.25) is 18.1 Å². The van der Waals surface area contributed by atoms with Gasteiger partial charge in [0, 0.05) is 6.61 Å². The number of hydrogen-bond acceptors (Lipinski definition) is 3. The normalized spacial score (nSPS) is 12.6. The van der Waals surface area contributed by atoms with E-state index in [9.17, 15) is 4.79 Å². The number of benzene rings is 1. The number of hydrogen-bond donors (Lipinski definition) is 1. The van der Waals surface area contributed by atoms with Gasteiger partial charge in [0.05, 0.1) is 12.3 Å². The lowest BCUT2D eigenvalue weighted by Crippen LogP contribution is -2.41. The van der Waals surface area contributed by atoms with Crippen molar-refractivity contribution in [2.24, 2.45) is 0 Å². The highest BCUT2D eigenvalue weighted by molar-refractivity contribution is 6.74. The van der Waals surface area contributed by atoms with Crippen molar-refractivity contribution in [2.45, 2.75) is 51.7 Å². The smallest absolute Gasteiger partial charge is 0.331 e. The third-order valence-electron chi connectivity index (χ3n) is 4.19. The van der Waals surface area contributed by atoms with Crippen LogP contribution in [0.15, 0.2) is 36.6 Å². The first-order chi connectivity index (χ1) is 10.6. The Bertz CT molecular complexity index is 544. The first-order valence-corrected chi connectivity index (χ1v) is 10.8. The first-order valence-electron chi connectivity index (χ1n) is 7.91. The van der Waals surface area contributed by atoms with Gasteiger partial charge >= 0.3 is 5.97 Å². The highest BCUT2D eigenvalue weighted by Crippen LogP contribution is 2.36.